The molecule has 1 aromatic heterocycles. The van der Waals surface area contributed by atoms with Crippen molar-refractivity contribution in [1.29, 1.82) is 0 Å². The van der Waals surface area contributed by atoms with Crippen LogP contribution in [-0.4, -0.2) is 50.4 Å². The Hall–Kier alpha value is -1.43. The molecule has 0 spiro atoms. The first-order valence-electron chi connectivity index (χ1n) is 8.03. The summed E-state index contributed by atoms with van der Waals surface area (Å²) in [5, 5.41) is 17.7. The van der Waals surface area contributed by atoms with E-state index in [0.717, 1.165) is 37.7 Å². The van der Waals surface area contributed by atoms with E-state index in [0.29, 0.717) is 18.8 Å². The first-order valence-corrected chi connectivity index (χ1v) is 8.03. The third-order valence-corrected chi connectivity index (χ3v) is 4.90. The van der Waals surface area contributed by atoms with Crippen LogP contribution in [0.5, 0.6) is 0 Å². The van der Waals surface area contributed by atoms with Crippen molar-refractivity contribution in [2.45, 2.75) is 45.6 Å². The van der Waals surface area contributed by atoms with Gasteiger partial charge >= 0.3 is 5.97 Å². The SMILES string of the molecule is CCN1CCCC(Cc2nnc3n2CCC(C(=O)O)C3)C1. The van der Waals surface area contributed by atoms with Crippen molar-refractivity contribution >= 4 is 5.97 Å². The Kier molecular flexibility index (Phi) is 4.24. The molecule has 2 aliphatic rings. The van der Waals surface area contributed by atoms with Gasteiger partial charge in [-0.1, -0.05) is 6.92 Å². The summed E-state index contributed by atoms with van der Waals surface area (Å²) in [6, 6.07) is 0. The maximum Gasteiger partial charge on any atom is 0.307 e. The molecule has 1 fully saturated rings. The van der Waals surface area contributed by atoms with E-state index in [4.69, 9.17) is 5.11 Å². The van der Waals surface area contributed by atoms with E-state index in [2.05, 4.69) is 26.6 Å². The molecule has 3 heterocycles. The van der Waals surface area contributed by atoms with E-state index in [1.54, 1.807) is 0 Å². The Labute approximate surface area is 125 Å². The van der Waals surface area contributed by atoms with E-state index in [1.165, 1.54) is 19.4 Å². The Balaban J connectivity index is 1.67. The van der Waals surface area contributed by atoms with E-state index in [1.807, 2.05) is 0 Å². The zero-order chi connectivity index (χ0) is 14.8. The van der Waals surface area contributed by atoms with Gasteiger partial charge in [0.2, 0.25) is 0 Å². The minimum atomic E-state index is -0.711. The maximum absolute atomic E-state index is 11.1. The van der Waals surface area contributed by atoms with E-state index < -0.39 is 5.97 Å². The van der Waals surface area contributed by atoms with Crippen LogP contribution in [-0.2, 0) is 24.2 Å². The highest BCUT2D eigenvalue weighted by atomic mass is 16.4. The van der Waals surface area contributed by atoms with Gasteiger partial charge < -0.3 is 14.6 Å². The van der Waals surface area contributed by atoms with Crippen molar-refractivity contribution in [2.24, 2.45) is 11.8 Å². The summed E-state index contributed by atoms with van der Waals surface area (Å²) in [6.45, 7) is 6.45. The predicted octanol–water partition coefficient (Wildman–Crippen LogP) is 1.20. The molecule has 3 rings (SSSR count). The van der Waals surface area contributed by atoms with Crippen molar-refractivity contribution in [3.8, 4) is 0 Å². The summed E-state index contributed by atoms with van der Waals surface area (Å²) < 4.78 is 2.16. The number of fused-ring (bicyclic) bond motifs is 1. The van der Waals surface area contributed by atoms with Crippen molar-refractivity contribution in [3.05, 3.63) is 11.6 Å². The topological polar surface area (TPSA) is 71.2 Å². The highest BCUT2D eigenvalue weighted by Gasteiger charge is 2.29. The summed E-state index contributed by atoms with van der Waals surface area (Å²) in [7, 11) is 0. The van der Waals surface area contributed by atoms with Crippen LogP contribution in [0.4, 0.5) is 0 Å². The van der Waals surface area contributed by atoms with Gasteiger partial charge in [0.1, 0.15) is 11.6 Å². The van der Waals surface area contributed by atoms with Crippen LogP contribution in [0, 0.1) is 11.8 Å². The number of hydrogen-bond donors (Lipinski definition) is 1. The molecular formula is C15H24N4O2. The molecule has 2 unspecified atom stereocenters. The Morgan fingerprint density at radius 1 is 1.33 bits per heavy atom. The lowest BCUT2D eigenvalue weighted by molar-refractivity contribution is -0.142. The normalized spacial score (nSPS) is 26.5. The van der Waals surface area contributed by atoms with Crippen molar-refractivity contribution in [2.75, 3.05) is 19.6 Å². The molecule has 116 valence electrons. The van der Waals surface area contributed by atoms with Gasteiger partial charge in [0.05, 0.1) is 5.92 Å². The van der Waals surface area contributed by atoms with E-state index >= 15 is 0 Å². The number of nitrogens with zero attached hydrogens (tertiary/aromatic N) is 4. The lowest BCUT2D eigenvalue weighted by Gasteiger charge is -2.31. The fourth-order valence-corrected chi connectivity index (χ4v) is 3.61. The van der Waals surface area contributed by atoms with Gasteiger partial charge in [0.15, 0.2) is 0 Å². The lowest BCUT2D eigenvalue weighted by Crippen LogP contribution is -2.36. The summed E-state index contributed by atoms with van der Waals surface area (Å²) in [4.78, 5) is 13.6. The van der Waals surface area contributed by atoms with Gasteiger partial charge in [-0.3, -0.25) is 4.79 Å². The maximum atomic E-state index is 11.1. The molecular weight excluding hydrogens is 268 g/mol. The second-order valence-corrected chi connectivity index (χ2v) is 6.32. The molecule has 1 aromatic rings. The number of aliphatic carboxylic acids is 1. The number of rotatable bonds is 4. The molecule has 1 saturated heterocycles. The number of carboxylic acids is 1. The summed E-state index contributed by atoms with van der Waals surface area (Å²) in [5.41, 5.74) is 0. The first-order chi connectivity index (χ1) is 10.2. The molecule has 21 heavy (non-hydrogen) atoms. The third kappa shape index (κ3) is 3.10. The molecule has 0 amide bonds. The van der Waals surface area contributed by atoms with E-state index in [-0.39, 0.29) is 5.92 Å². The van der Waals surface area contributed by atoms with Crippen molar-refractivity contribution in [3.63, 3.8) is 0 Å². The van der Waals surface area contributed by atoms with Crippen molar-refractivity contribution < 1.29 is 9.90 Å². The zero-order valence-corrected chi connectivity index (χ0v) is 12.7. The third-order valence-electron chi connectivity index (χ3n) is 4.90. The Bertz CT molecular complexity index is 514. The quantitative estimate of drug-likeness (QED) is 0.903. The van der Waals surface area contributed by atoms with Crippen LogP contribution in [0.15, 0.2) is 0 Å². The largest absolute Gasteiger partial charge is 0.481 e. The lowest BCUT2D eigenvalue weighted by atomic mass is 9.94. The predicted molar refractivity (Wildman–Crippen MR) is 78.0 cm³/mol. The molecule has 1 N–H and O–H groups in total. The molecule has 2 atom stereocenters. The number of likely N-dealkylation sites (tertiary alicyclic amines) is 1. The minimum absolute atomic E-state index is 0.292. The average Bonchev–Trinajstić information content (AvgIpc) is 2.90. The fraction of sp³-hybridized carbons (Fsp3) is 0.800. The van der Waals surface area contributed by atoms with Crippen LogP contribution in [0.25, 0.3) is 0 Å². The Morgan fingerprint density at radius 2 is 2.19 bits per heavy atom. The summed E-state index contributed by atoms with van der Waals surface area (Å²) in [5.74, 6) is 1.56. The number of piperidine rings is 1. The smallest absolute Gasteiger partial charge is 0.307 e. The molecule has 0 aliphatic carbocycles. The molecule has 0 aromatic carbocycles. The van der Waals surface area contributed by atoms with Crippen LogP contribution in [0.3, 0.4) is 0 Å². The summed E-state index contributed by atoms with van der Waals surface area (Å²) in [6.07, 6.45) is 4.71. The van der Waals surface area contributed by atoms with Crippen LogP contribution < -0.4 is 0 Å². The van der Waals surface area contributed by atoms with Gasteiger partial charge in [-0.25, -0.2) is 0 Å². The highest BCUT2D eigenvalue weighted by molar-refractivity contribution is 5.70. The van der Waals surface area contributed by atoms with Gasteiger partial charge in [-0.05, 0) is 38.3 Å². The van der Waals surface area contributed by atoms with E-state index in [9.17, 15) is 4.79 Å². The van der Waals surface area contributed by atoms with Gasteiger partial charge in [-0.2, -0.15) is 0 Å². The standard InChI is InChI=1S/C15H24N4O2/c1-2-18-6-3-4-11(10-18)8-13-16-17-14-9-12(15(20)21)5-7-19(13)14/h11-12H,2-10H2,1H3,(H,20,21). The van der Waals surface area contributed by atoms with Crippen molar-refractivity contribution in [1.82, 2.24) is 19.7 Å². The molecule has 6 heteroatoms. The van der Waals surface area contributed by atoms with Crippen LogP contribution in [0.1, 0.15) is 37.8 Å². The zero-order valence-electron chi connectivity index (χ0n) is 12.7. The molecule has 6 nitrogen and oxygen atoms in total. The number of hydrogen-bond acceptors (Lipinski definition) is 4. The van der Waals surface area contributed by atoms with Crippen LogP contribution >= 0.6 is 0 Å². The monoisotopic (exact) mass is 292 g/mol. The Morgan fingerprint density at radius 3 is 2.95 bits per heavy atom. The van der Waals surface area contributed by atoms with Gasteiger partial charge in [0, 0.05) is 25.9 Å². The number of aromatic nitrogens is 3. The van der Waals surface area contributed by atoms with Crippen LogP contribution in [0.2, 0.25) is 0 Å². The minimum Gasteiger partial charge on any atom is -0.481 e. The number of carboxylic acid groups (broad SMARTS) is 1. The molecule has 0 radical (unpaired) electrons. The summed E-state index contributed by atoms with van der Waals surface area (Å²) >= 11 is 0. The fourth-order valence-electron chi connectivity index (χ4n) is 3.61. The molecule has 2 aliphatic heterocycles. The average molecular weight is 292 g/mol. The van der Waals surface area contributed by atoms with Gasteiger partial charge in [0.25, 0.3) is 0 Å². The first kappa shape index (κ1) is 14.5. The number of carbonyl (C=O) groups is 1. The molecule has 0 bridgehead atoms. The molecule has 0 saturated carbocycles. The second kappa shape index (κ2) is 6.13. The van der Waals surface area contributed by atoms with Gasteiger partial charge in [-0.15, -0.1) is 10.2 Å². The highest BCUT2D eigenvalue weighted by Crippen LogP contribution is 2.24. The second-order valence-electron chi connectivity index (χ2n) is 6.32.